The van der Waals surface area contributed by atoms with Crippen LogP contribution < -0.4 is 4.74 Å². The van der Waals surface area contributed by atoms with Crippen LogP contribution in [-0.2, 0) is 11.9 Å². The number of rotatable bonds is 7. The first-order chi connectivity index (χ1) is 11.3. The van der Waals surface area contributed by atoms with Gasteiger partial charge in [0.1, 0.15) is 10.8 Å². The Balaban J connectivity index is 1.74. The smallest absolute Gasteiger partial charge is 0.417 e. The fourth-order valence-corrected chi connectivity index (χ4v) is 4.92. The quantitative estimate of drug-likeness (QED) is 0.309. The molecule has 1 aromatic heterocycles. The molecule has 0 aliphatic rings. The van der Waals surface area contributed by atoms with E-state index in [2.05, 4.69) is 9.72 Å². The van der Waals surface area contributed by atoms with Gasteiger partial charge in [-0.15, -0.1) is 0 Å². The Morgan fingerprint density at radius 2 is 1.75 bits per heavy atom. The molecule has 0 aliphatic heterocycles. The van der Waals surface area contributed by atoms with E-state index in [1.54, 1.807) is 12.1 Å². The Morgan fingerprint density at radius 1 is 1.04 bits per heavy atom. The molecule has 0 unspecified atom stereocenters. The average molecular weight is 399 g/mol. The molecule has 2 aromatic rings. The third-order valence-electron chi connectivity index (χ3n) is 2.61. The van der Waals surface area contributed by atoms with Gasteiger partial charge in [-0.05, 0) is 50.4 Å². The van der Waals surface area contributed by atoms with Crippen molar-refractivity contribution in [2.45, 2.75) is 23.6 Å². The second-order valence-electron chi connectivity index (χ2n) is 4.32. The molecule has 0 fully saturated rings. The minimum Gasteiger partial charge on any atom is -0.435 e. The summed E-state index contributed by atoms with van der Waals surface area (Å²) in [6, 6.07) is 8.56. The van der Waals surface area contributed by atoms with Crippen LogP contribution in [0.5, 0.6) is 5.75 Å². The van der Waals surface area contributed by atoms with E-state index in [1.165, 1.54) is 49.6 Å². The highest BCUT2D eigenvalue weighted by atomic mass is 33.5. The molecular weight excluding hydrogens is 389 g/mol. The second-order valence-corrected chi connectivity index (χ2v) is 8.40. The molecular formula is C14H10F5NOS3. The molecule has 0 spiro atoms. The van der Waals surface area contributed by atoms with Gasteiger partial charge in [0.15, 0.2) is 0 Å². The highest BCUT2D eigenvalue weighted by Crippen LogP contribution is 2.41. The van der Waals surface area contributed by atoms with Crippen molar-refractivity contribution in [3.8, 4) is 5.75 Å². The highest BCUT2D eigenvalue weighted by molar-refractivity contribution is 9.09. The van der Waals surface area contributed by atoms with Crippen LogP contribution in [0.15, 0.2) is 47.6 Å². The summed E-state index contributed by atoms with van der Waals surface area (Å²) in [5.74, 6) is 0.697. The fourth-order valence-electron chi connectivity index (χ4n) is 1.52. The van der Waals surface area contributed by atoms with Crippen molar-refractivity contribution < 1.29 is 26.7 Å². The predicted molar refractivity (Wildman–Crippen MR) is 87.1 cm³/mol. The Kier molecular flexibility index (Phi) is 7.05. The number of nitrogens with zero attached hydrogens (tertiary/aromatic N) is 1. The van der Waals surface area contributed by atoms with Gasteiger partial charge in [0.25, 0.3) is 0 Å². The summed E-state index contributed by atoms with van der Waals surface area (Å²) in [4.78, 5) is 3.75. The summed E-state index contributed by atoms with van der Waals surface area (Å²) in [6.45, 7) is -2.85. The van der Waals surface area contributed by atoms with Crippen molar-refractivity contribution in [3.05, 3.63) is 53.7 Å². The lowest BCUT2D eigenvalue weighted by Gasteiger charge is -2.06. The zero-order chi connectivity index (χ0) is 17.6. The summed E-state index contributed by atoms with van der Waals surface area (Å²) in [7, 11) is 4.07. The SMILES string of the molecule is FC(F)Oc1ccc(CSSSc2ccc(C(F)(F)F)cn2)cc1. The first-order valence-corrected chi connectivity index (χ1v) is 10.0. The zero-order valence-electron chi connectivity index (χ0n) is 11.8. The first-order valence-electron chi connectivity index (χ1n) is 6.38. The molecule has 1 heterocycles. The minimum absolute atomic E-state index is 0.0923. The van der Waals surface area contributed by atoms with E-state index < -0.39 is 18.4 Å². The van der Waals surface area contributed by atoms with Crippen molar-refractivity contribution in [2.24, 2.45) is 0 Å². The number of benzene rings is 1. The molecule has 0 atom stereocenters. The number of ether oxygens (including phenoxy) is 1. The van der Waals surface area contributed by atoms with Crippen LogP contribution in [0.4, 0.5) is 22.0 Å². The molecule has 2 nitrogen and oxygen atoms in total. The van der Waals surface area contributed by atoms with Gasteiger partial charge in [-0.2, -0.15) is 22.0 Å². The lowest BCUT2D eigenvalue weighted by molar-refractivity contribution is -0.137. The predicted octanol–water partition coefficient (Wildman–Crippen LogP) is 6.29. The normalized spacial score (nSPS) is 11.8. The zero-order valence-corrected chi connectivity index (χ0v) is 14.2. The van der Waals surface area contributed by atoms with Crippen molar-refractivity contribution in [3.63, 3.8) is 0 Å². The van der Waals surface area contributed by atoms with Crippen molar-refractivity contribution >= 4 is 31.4 Å². The first kappa shape index (κ1) is 19.2. The van der Waals surface area contributed by atoms with Gasteiger partial charge >= 0.3 is 12.8 Å². The van der Waals surface area contributed by atoms with E-state index >= 15 is 0 Å². The maximum atomic E-state index is 12.4. The molecule has 0 radical (unpaired) electrons. The van der Waals surface area contributed by atoms with E-state index in [0.29, 0.717) is 10.8 Å². The Hall–Kier alpha value is -1.13. The van der Waals surface area contributed by atoms with E-state index in [4.69, 9.17) is 0 Å². The number of alkyl halides is 5. The van der Waals surface area contributed by atoms with Crippen LogP contribution in [0.2, 0.25) is 0 Å². The Labute approximate surface area is 146 Å². The van der Waals surface area contributed by atoms with Gasteiger partial charge in [-0.1, -0.05) is 22.9 Å². The standard InChI is InChI=1S/C14H10F5NOS3/c15-13(16)21-11-4-1-9(2-5-11)8-22-24-23-12-6-3-10(7-20-12)14(17,18)19/h1-7,13H,8H2. The molecule has 1 aromatic carbocycles. The summed E-state index contributed by atoms with van der Waals surface area (Å²) < 4.78 is 65.5. The van der Waals surface area contributed by atoms with Crippen LogP contribution in [-0.4, -0.2) is 11.6 Å². The summed E-state index contributed by atoms with van der Waals surface area (Å²) >= 11 is 0. The largest absolute Gasteiger partial charge is 0.435 e. The molecule has 0 saturated carbocycles. The number of pyridine rings is 1. The van der Waals surface area contributed by atoms with Crippen LogP contribution in [0, 0.1) is 0 Å². The van der Waals surface area contributed by atoms with Gasteiger partial charge < -0.3 is 4.74 Å². The molecule has 0 saturated heterocycles. The number of halogens is 5. The molecule has 0 aliphatic carbocycles. The highest BCUT2D eigenvalue weighted by Gasteiger charge is 2.30. The summed E-state index contributed by atoms with van der Waals surface area (Å²) in [5, 5.41) is 0.473. The van der Waals surface area contributed by atoms with E-state index in [-0.39, 0.29) is 5.75 Å². The molecule has 2 rings (SSSR count). The average Bonchev–Trinajstić information content (AvgIpc) is 2.52. The lowest BCUT2D eigenvalue weighted by Crippen LogP contribution is -2.04. The number of aromatic nitrogens is 1. The van der Waals surface area contributed by atoms with Crippen LogP contribution in [0.25, 0.3) is 0 Å². The molecule has 0 bridgehead atoms. The van der Waals surface area contributed by atoms with E-state index in [0.717, 1.165) is 17.8 Å². The van der Waals surface area contributed by atoms with Crippen molar-refractivity contribution in [2.75, 3.05) is 0 Å². The number of hydrogen-bond acceptors (Lipinski definition) is 5. The maximum absolute atomic E-state index is 12.4. The molecule has 130 valence electrons. The van der Waals surface area contributed by atoms with E-state index in [9.17, 15) is 22.0 Å². The van der Waals surface area contributed by atoms with Gasteiger partial charge in [0, 0.05) is 11.9 Å². The lowest BCUT2D eigenvalue weighted by atomic mass is 10.2. The van der Waals surface area contributed by atoms with Gasteiger partial charge in [-0.3, -0.25) is 0 Å². The molecule has 10 heteroatoms. The second kappa shape index (κ2) is 8.82. The topological polar surface area (TPSA) is 22.1 Å². The van der Waals surface area contributed by atoms with E-state index in [1.807, 2.05) is 0 Å². The summed E-state index contributed by atoms with van der Waals surface area (Å²) in [5.41, 5.74) is 0.130. The van der Waals surface area contributed by atoms with Crippen LogP contribution >= 0.6 is 31.4 Å². The summed E-state index contributed by atoms with van der Waals surface area (Å²) in [6.07, 6.45) is -3.59. The molecule has 0 amide bonds. The molecule has 24 heavy (non-hydrogen) atoms. The Bertz CT molecular complexity index is 634. The van der Waals surface area contributed by atoms with Gasteiger partial charge in [0.2, 0.25) is 0 Å². The van der Waals surface area contributed by atoms with Crippen LogP contribution in [0.1, 0.15) is 11.1 Å². The number of hydrogen-bond donors (Lipinski definition) is 0. The van der Waals surface area contributed by atoms with Crippen molar-refractivity contribution in [1.29, 1.82) is 0 Å². The minimum atomic E-state index is -4.39. The monoisotopic (exact) mass is 399 g/mol. The van der Waals surface area contributed by atoms with Crippen molar-refractivity contribution in [1.82, 2.24) is 4.98 Å². The van der Waals surface area contributed by atoms with Gasteiger partial charge in [-0.25, -0.2) is 4.98 Å². The third-order valence-corrected chi connectivity index (χ3v) is 6.47. The van der Waals surface area contributed by atoms with Crippen LogP contribution in [0.3, 0.4) is 0 Å². The fraction of sp³-hybridized carbons (Fsp3) is 0.214. The Morgan fingerprint density at radius 3 is 2.29 bits per heavy atom. The maximum Gasteiger partial charge on any atom is 0.417 e. The molecule has 0 N–H and O–H groups in total. The van der Waals surface area contributed by atoms with Gasteiger partial charge in [0.05, 0.1) is 5.56 Å². The third kappa shape index (κ3) is 6.40.